The van der Waals surface area contributed by atoms with Gasteiger partial charge in [-0.15, -0.1) is 0 Å². The highest BCUT2D eigenvalue weighted by Gasteiger charge is 2.21. The van der Waals surface area contributed by atoms with Gasteiger partial charge in [0.15, 0.2) is 5.75 Å². The molecule has 3 heteroatoms. The Morgan fingerprint density at radius 3 is 2.17 bits per heavy atom. The van der Waals surface area contributed by atoms with Gasteiger partial charge in [0.05, 0.1) is 5.69 Å². The minimum Gasteiger partial charge on any atom is -0.504 e. The van der Waals surface area contributed by atoms with Gasteiger partial charge in [-0.2, -0.15) is 5.10 Å². The lowest BCUT2D eigenvalue weighted by molar-refractivity contribution is 0.431. The van der Waals surface area contributed by atoms with Crippen LogP contribution in [0.2, 0.25) is 0 Å². The van der Waals surface area contributed by atoms with Crippen LogP contribution in [0.4, 0.5) is 0 Å². The molecule has 3 nitrogen and oxygen atoms in total. The van der Waals surface area contributed by atoms with Crippen molar-refractivity contribution >= 4 is 0 Å². The van der Waals surface area contributed by atoms with Gasteiger partial charge in [0.1, 0.15) is 5.69 Å². The Bertz CT molecular complexity index is 380. The molecule has 0 aliphatic rings. The van der Waals surface area contributed by atoms with Gasteiger partial charge in [-0.1, -0.05) is 41.5 Å². The van der Waals surface area contributed by atoms with Gasteiger partial charge in [-0.25, -0.2) is 0 Å². The maximum absolute atomic E-state index is 10.4. The molecule has 0 aliphatic carbocycles. The van der Waals surface area contributed by atoms with Gasteiger partial charge >= 0.3 is 0 Å². The lowest BCUT2D eigenvalue weighted by Crippen LogP contribution is -2.11. The first-order chi connectivity index (χ1) is 8.36. The molecule has 1 rings (SSSR count). The summed E-state index contributed by atoms with van der Waals surface area (Å²) in [5, 5.41) is 15.0. The van der Waals surface area contributed by atoms with Crippen LogP contribution in [0.1, 0.15) is 65.3 Å². The molecule has 1 atom stereocenters. The van der Waals surface area contributed by atoms with E-state index in [4.69, 9.17) is 0 Å². The van der Waals surface area contributed by atoms with Crippen LogP contribution in [0.3, 0.4) is 0 Å². The highest BCUT2D eigenvalue weighted by atomic mass is 16.3. The molecule has 0 saturated carbocycles. The van der Waals surface area contributed by atoms with E-state index in [9.17, 15) is 5.11 Å². The number of aromatic nitrogens is 2. The van der Waals surface area contributed by atoms with Crippen molar-refractivity contribution < 1.29 is 5.11 Å². The third-order valence-corrected chi connectivity index (χ3v) is 3.27. The van der Waals surface area contributed by atoms with E-state index in [0.29, 0.717) is 23.5 Å². The summed E-state index contributed by atoms with van der Waals surface area (Å²) in [4.78, 5) is 0. The first-order valence-electron chi connectivity index (χ1n) is 7.15. The third kappa shape index (κ3) is 3.50. The summed E-state index contributed by atoms with van der Waals surface area (Å²) in [6.07, 6.45) is 1.90. The van der Waals surface area contributed by atoms with Crippen molar-refractivity contribution in [3.8, 4) is 5.75 Å². The molecule has 1 unspecified atom stereocenters. The van der Waals surface area contributed by atoms with Crippen LogP contribution in [-0.2, 0) is 13.0 Å². The van der Waals surface area contributed by atoms with Crippen LogP contribution in [-0.4, -0.2) is 14.9 Å². The van der Waals surface area contributed by atoms with Crippen LogP contribution < -0.4 is 0 Å². The fourth-order valence-corrected chi connectivity index (χ4v) is 2.12. The summed E-state index contributed by atoms with van der Waals surface area (Å²) < 4.78 is 2.02. The van der Waals surface area contributed by atoms with Crippen LogP contribution in [0.25, 0.3) is 0 Å². The van der Waals surface area contributed by atoms with Crippen LogP contribution in [0.15, 0.2) is 0 Å². The number of rotatable bonds is 6. The average molecular weight is 252 g/mol. The lowest BCUT2D eigenvalue weighted by atomic mass is 10.0. The molecule has 0 bridgehead atoms. The van der Waals surface area contributed by atoms with Crippen molar-refractivity contribution in [1.29, 1.82) is 0 Å². The van der Waals surface area contributed by atoms with Gasteiger partial charge in [-0.05, 0) is 24.7 Å². The fraction of sp³-hybridized carbons (Fsp3) is 0.800. The zero-order chi connectivity index (χ0) is 13.9. The molecule has 0 fully saturated rings. The Morgan fingerprint density at radius 1 is 1.11 bits per heavy atom. The second kappa shape index (κ2) is 6.26. The van der Waals surface area contributed by atoms with E-state index in [-0.39, 0.29) is 0 Å². The quantitative estimate of drug-likeness (QED) is 0.832. The molecular formula is C15H28N2O. The highest BCUT2D eigenvalue weighted by molar-refractivity contribution is 5.34. The first kappa shape index (κ1) is 15.1. The Balaban J connectivity index is 3.13. The van der Waals surface area contributed by atoms with Gasteiger partial charge in [0, 0.05) is 12.5 Å². The van der Waals surface area contributed by atoms with E-state index in [2.05, 4.69) is 46.6 Å². The monoisotopic (exact) mass is 252 g/mol. The highest BCUT2D eigenvalue weighted by Crippen LogP contribution is 2.32. The molecule has 1 N–H and O–H groups in total. The molecule has 104 valence electrons. The summed E-state index contributed by atoms with van der Waals surface area (Å²) in [7, 11) is 0. The van der Waals surface area contributed by atoms with Gasteiger partial charge in [0.25, 0.3) is 0 Å². The number of aromatic hydroxyl groups is 1. The predicted molar refractivity (Wildman–Crippen MR) is 76.0 cm³/mol. The molecule has 18 heavy (non-hydrogen) atoms. The maximum atomic E-state index is 10.4. The molecular weight excluding hydrogens is 224 g/mol. The standard InChI is InChI=1S/C15H28N2O/c1-7-12(6)14-15(18)13(8-10(2)3)17(16-14)9-11(4)5/h10-12,18H,7-9H2,1-6H3. The summed E-state index contributed by atoms with van der Waals surface area (Å²) in [6.45, 7) is 13.9. The maximum Gasteiger partial charge on any atom is 0.160 e. The molecule has 0 spiro atoms. The fourth-order valence-electron chi connectivity index (χ4n) is 2.12. The molecule has 0 aromatic carbocycles. The average Bonchev–Trinajstić information content (AvgIpc) is 2.55. The number of hydrogen-bond donors (Lipinski definition) is 1. The van der Waals surface area contributed by atoms with Crippen LogP contribution in [0, 0.1) is 11.8 Å². The van der Waals surface area contributed by atoms with E-state index in [0.717, 1.165) is 30.8 Å². The van der Waals surface area contributed by atoms with Crippen molar-refractivity contribution in [2.45, 2.75) is 66.8 Å². The van der Waals surface area contributed by atoms with E-state index >= 15 is 0 Å². The molecule has 0 saturated heterocycles. The molecule has 1 aromatic rings. The molecule has 0 aliphatic heterocycles. The van der Waals surface area contributed by atoms with Crippen molar-refractivity contribution in [1.82, 2.24) is 9.78 Å². The second-order valence-corrected chi connectivity index (χ2v) is 6.16. The summed E-state index contributed by atoms with van der Waals surface area (Å²) >= 11 is 0. The van der Waals surface area contributed by atoms with Crippen LogP contribution in [0.5, 0.6) is 5.75 Å². The van der Waals surface area contributed by atoms with Gasteiger partial charge in [-0.3, -0.25) is 4.68 Å². The predicted octanol–water partition coefficient (Wildman–Crippen LogP) is 3.96. The van der Waals surface area contributed by atoms with Crippen molar-refractivity contribution in [2.75, 3.05) is 0 Å². The minimum atomic E-state index is 0.323. The van der Waals surface area contributed by atoms with E-state index in [1.54, 1.807) is 0 Å². The third-order valence-electron chi connectivity index (χ3n) is 3.27. The number of nitrogens with zero attached hydrogens (tertiary/aromatic N) is 2. The molecule has 0 amide bonds. The normalized spacial score (nSPS) is 13.6. The smallest absolute Gasteiger partial charge is 0.160 e. The summed E-state index contributed by atoms with van der Waals surface area (Å²) in [5.41, 5.74) is 1.88. The van der Waals surface area contributed by atoms with Crippen LogP contribution >= 0.6 is 0 Å². The van der Waals surface area contributed by atoms with Crippen molar-refractivity contribution in [2.24, 2.45) is 11.8 Å². The summed E-state index contributed by atoms with van der Waals surface area (Å²) in [6, 6.07) is 0. The zero-order valence-corrected chi connectivity index (χ0v) is 12.7. The second-order valence-electron chi connectivity index (χ2n) is 6.16. The lowest BCUT2D eigenvalue weighted by Gasteiger charge is -2.11. The topological polar surface area (TPSA) is 38.0 Å². The van der Waals surface area contributed by atoms with E-state index in [1.165, 1.54) is 0 Å². The minimum absolute atomic E-state index is 0.323. The molecule has 0 radical (unpaired) electrons. The Labute approximate surface area is 111 Å². The SMILES string of the molecule is CCC(C)c1nn(CC(C)C)c(CC(C)C)c1O. The first-order valence-corrected chi connectivity index (χ1v) is 7.15. The molecule has 1 aromatic heterocycles. The Morgan fingerprint density at radius 2 is 1.72 bits per heavy atom. The van der Waals surface area contributed by atoms with Gasteiger partial charge in [0.2, 0.25) is 0 Å². The summed E-state index contributed by atoms with van der Waals surface area (Å²) in [5.74, 6) is 1.83. The zero-order valence-electron chi connectivity index (χ0n) is 12.7. The molecule has 1 heterocycles. The Hall–Kier alpha value is -0.990. The van der Waals surface area contributed by atoms with E-state index < -0.39 is 0 Å². The largest absolute Gasteiger partial charge is 0.504 e. The van der Waals surface area contributed by atoms with Gasteiger partial charge < -0.3 is 5.11 Å². The van der Waals surface area contributed by atoms with E-state index in [1.807, 2.05) is 4.68 Å². The van der Waals surface area contributed by atoms with Crippen molar-refractivity contribution in [3.05, 3.63) is 11.4 Å². The Kier molecular flexibility index (Phi) is 5.24. The van der Waals surface area contributed by atoms with Crippen molar-refractivity contribution in [3.63, 3.8) is 0 Å². The number of hydrogen-bond acceptors (Lipinski definition) is 2.